The van der Waals surface area contributed by atoms with Gasteiger partial charge in [-0.25, -0.2) is 8.78 Å². The predicted octanol–water partition coefficient (Wildman–Crippen LogP) is 3.07. The second kappa shape index (κ2) is 5.00. The lowest BCUT2D eigenvalue weighted by Gasteiger charge is -2.24. The Bertz CT molecular complexity index is 469. The molecule has 3 atom stereocenters. The van der Waals surface area contributed by atoms with E-state index in [9.17, 15) is 13.6 Å². The zero-order valence-corrected chi connectivity index (χ0v) is 10.7. The van der Waals surface area contributed by atoms with Crippen molar-refractivity contribution in [2.75, 3.05) is 0 Å². The van der Waals surface area contributed by atoms with Gasteiger partial charge in [0.1, 0.15) is 11.6 Å². The van der Waals surface area contributed by atoms with Gasteiger partial charge >= 0.3 is 0 Å². The van der Waals surface area contributed by atoms with Crippen molar-refractivity contribution in [3.8, 4) is 0 Å². The molecule has 1 saturated carbocycles. The zero-order valence-electron chi connectivity index (χ0n) is 10.7. The summed E-state index contributed by atoms with van der Waals surface area (Å²) >= 11 is 0. The number of benzene rings is 1. The van der Waals surface area contributed by atoms with E-state index in [1.54, 1.807) is 0 Å². The summed E-state index contributed by atoms with van der Waals surface area (Å²) in [4.78, 5) is 12.3. The summed E-state index contributed by atoms with van der Waals surface area (Å²) in [5.41, 5.74) is 0.133. The van der Waals surface area contributed by atoms with Gasteiger partial charge in [-0.3, -0.25) is 4.79 Å². The minimum Gasteiger partial charge on any atom is -0.304 e. The Morgan fingerprint density at radius 1 is 1.11 bits per heavy atom. The topological polar surface area (TPSA) is 29.1 Å². The highest BCUT2D eigenvalue weighted by atomic mass is 19.1. The van der Waals surface area contributed by atoms with Crippen molar-refractivity contribution in [2.24, 2.45) is 5.92 Å². The Morgan fingerprint density at radius 3 is 2.47 bits per heavy atom. The zero-order chi connectivity index (χ0) is 13.4. The summed E-state index contributed by atoms with van der Waals surface area (Å²) in [7, 11) is 0. The Balaban J connectivity index is 1.77. The molecule has 19 heavy (non-hydrogen) atoms. The van der Waals surface area contributed by atoms with Gasteiger partial charge in [0.2, 0.25) is 0 Å². The number of halogens is 2. The van der Waals surface area contributed by atoms with E-state index in [2.05, 4.69) is 5.32 Å². The Kier molecular flexibility index (Phi) is 3.35. The van der Waals surface area contributed by atoms with Crippen molar-refractivity contribution in [3.05, 3.63) is 35.4 Å². The Labute approximate surface area is 111 Å². The number of fused-ring (bicyclic) bond motifs is 1. The Hall–Kier alpha value is -1.29. The molecule has 0 bridgehead atoms. The fraction of sp³-hybridized carbons (Fsp3) is 0.533. The first-order chi connectivity index (χ1) is 9.13. The molecule has 1 saturated heterocycles. The molecule has 0 aromatic heterocycles. The lowest BCUT2D eigenvalue weighted by atomic mass is 9.84. The molecule has 0 amide bonds. The third-order valence-electron chi connectivity index (χ3n) is 4.33. The van der Waals surface area contributed by atoms with Gasteiger partial charge in [-0.1, -0.05) is 12.8 Å². The third kappa shape index (κ3) is 2.54. The van der Waals surface area contributed by atoms with E-state index in [1.165, 1.54) is 12.8 Å². The van der Waals surface area contributed by atoms with Crippen LogP contribution in [0.15, 0.2) is 18.2 Å². The lowest BCUT2D eigenvalue weighted by Crippen LogP contribution is -2.37. The number of hydrogen-bond donors (Lipinski definition) is 1. The van der Waals surface area contributed by atoms with Crippen LogP contribution in [-0.2, 0) is 0 Å². The number of ketones is 1. The fourth-order valence-corrected chi connectivity index (χ4v) is 3.42. The summed E-state index contributed by atoms with van der Waals surface area (Å²) in [6, 6.07) is 3.15. The molecule has 3 rings (SSSR count). The summed E-state index contributed by atoms with van der Waals surface area (Å²) in [6.07, 6.45) is 5.47. The van der Waals surface area contributed by atoms with E-state index < -0.39 is 11.6 Å². The normalized spacial score (nSPS) is 30.1. The van der Waals surface area contributed by atoms with Gasteiger partial charge in [-0.2, -0.15) is 0 Å². The second-order valence-electron chi connectivity index (χ2n) is 5.63. The largest absolute Gasteiger partial charge is 0.304 e. The number of carbonyl (C=O) groups excluding carboxylic acids is 1. The predicted molar refractivity (Wildman–Crippen MR) is 68.0 cm³/mol. The van der Waals surface area contributed by atoms with E-state index in [4.69, 9.17) is 0 Å². The van der Waals surface area contributed by atoms with Gasteiger partial charge in [0.25, 0.3) is 0 Å². The highest BCUT2D eigenvalue weighted by Crippen LogP contribution is 2.34. The smallest absolute Gasteiger partial charge is 0.179 e. The maximum Gasteiger partial charge on any atom is 0.179 e. The summed E-state index contributed by atoms with van der Waals surface area (Å²) in [5.74, 6) is -1.04. The van der Waals surface area contributed by atoms with Crippen LogP contribution in [0.4, 0.5) is 8.78 Å². The molecule has 1 aliphatic heterocycles. The van der Waals surface area contributed by atoms with E-state index >= 15 is 0 Å². The number of Topliss-reactive ketones (excluding diaryl/α,β-unsaturated/α-hetero) is 1. The average molecular weight is 265 g/mol. The lowest BCUT2D eigenvalue weighted by molar-refractivity contribution is 0.0948. The molecule has 4 heteroatoms. The van der Waals surface area contributed by atoms with E-state index in [0.29, 0.717) is 12.0 Å². The van der Waals surface area contributed by atoms with Crippen LogP contribution in [0.3, 0.4) is 0 Å². The highest BCUT2D eigenvalue weighted by molar-refractivity contribution is 6.00. The molecule has 1 aromatic rings. The molecule has 2 fully saturated rings. The first-order valence-corrected chi connectivity index (χ1v) is 6.90. The fourth-order valence-electron chi connectivity index (χ4n) is 3.42. The van der Waals surface area contributed by atoms with Crippen molar-refractivity contribution in [2.45, 2.75) is 44.2 Å². The molecule has 1 heterocycles. The Morgan fingerprint density at radius 2 is 1.79 bits per heavy atom. The summed E-state index contributed by atoms with van der Waals surface area (Å²) in [5, 5.41) is 3.34. The van der Waals surface area contributed by atoms with Crippen LogP contribution in [0, 0.1) is 17.6 Å². The summed E-state index contributed by atoms with van der Waals surface area (Å²) in [6.45, 7) is 0. The van der Waals surface area contributed by atoms with Crippen LogP contribution >= 0.6 is 0 Å². The van der Waals surface area contributed by atoms with Crippen LogP contribution in [0.1, 0.15) is 42.5 Å². The van der Waals surface area contributed by atoms with Crippen molar-refractivity contribution in [1.29, 1.82) is 0 Å². The molecule has 102 valence electrons. The highest BCUT2D eigenvalue weighted by Gasteiger charge is 2.38. The second-order valence-corrected chi connectivity index (χ2v) is 5.63. The average Bonchev–Trinajstić information content (AvgIpc) is 2.80. The van der Waals surface area contributed by atoms with Crippen LogP contribution < -0.4 is 5.32 Å². The molecular weight excluding hydrogens is 248 g/mol. The molecule has 1 aromatic carbocycles. The van der Waals surface area contributed by atoms with Crippen LogP contribution in [0.5, 0.6) is 0 Å². The number of hydrogen-bond acceptors (Lipinski definition) is 2. The van der Waals surface area contributed by atoms with Crippen molar-refractivity contribution in [3.63, 3.8) is 0 Å². The van der Waals surface area contributed by atoms with Crippen molar-refractivity contribution in [1.82, 2.24) is 5.32 Å². The molecule has 0 spiro atoms. The summed E-state index contributed by atoms with van der Waals surface area (Å²) < 4.78 is 26.3. The molecule has 3 unspecified atom stereocenters. The SMILES string of the molecule is O=C(c1cc(F)cc(F)c1)C1CC2CCCCC2N1. The number of carbonyl (C=O) groups is 1. The minimum atomic E-state index is -0.696. The molecule has 0 radical (unpaired) electrons. The molecule has 2 nitrogen and oxygen atoms in total. The quantitative estimate of drug-likeness (QED) is 0.833. The standard InChI is InChI=1S/C15H17F2NO/c16-11-5-10(6-12(17)8-11)15(19)14-7-9-3-1-2-4-13(9)18-14/h5-6,8-9,13-14,18H,1-4,7H2. The van der Waals surface area contributed by atoms with Crippen LogP contribution in [0.25, 0.3) is 0 Å². The van der Waals surface area contributed by atoms with Crippen LogP contribution in [-0.4, -0.2) is 17.9 Å². The van der Waals surface area contributed by atoms with Gasteiger partial charge in [0.05, 0.1) is 6.04 Å². The molecule has 1 aliphatic carbocycles. The first-order valence-electron chi connectivity index (χ1n) is 6.90. The third-order valence-corrected chi connectivity index (χ3v) is 4.33. The molecule has 2 aliphatic rings. The minimum absolute atomic E-state index is 0.133. The van der Waals surface area contributed by atoms with E-state index in [-0.39, 0.29) is 17.4 Å². The van der Waals surface area contributed by atoms with Gasteiger partial charge in [0.15, 0.2) is 5.78 Å². The van der Waals surface area contributed by atoms with E-state index in [0.717, 1.165) is 37.5 Å². The molecular formula is C15H17F2NO. The number of rotatable bonds is 2. The monoisotopic (exact) mass is 265 g/mol. The number of nitrogens with one attached hydrogen (secondary N) is 1. The van der Waals surface area contributed by atoms with E-state index in [1.807, 2.05) is 0 Å². The van der Waals surface area contributed by atoms with Gasteiger partial charge < -0.3 is 5.32 Å². The van der Waals surface area contributed by atoms with Gasteiger partial charge in [-0.05, 0) is 37.3 Å². The van der Waals surface area contributed by atoms with Gasteiger partial charge in [0, 0.05) is 17.7 Å². The van der Waals surface area contributed by atoms with Crippen molar-refractivity contribution >= 4 is 5.78 Å². The van der Waals surface area contributed by atoms with Crippen LogP contribution in [0.2, 0.25) is 0 Å². The maximum atomic E-state index is 13.2. The molecule has 1 N–H and O–H groups in total. The van der Waals surface area contributed by atoms with Gasteiger partial charge in [-0.15, -0.1) is 0 Å². The first kappa shape index (κ1) is 12.7. The maximum absolute atomic E-state index is 13.2. The van der Waals surface area contributed by atoms with Crippen molar-refractivity contribution < 1.29 is 13.6 Å².